The van der Waals surface area contributed by atoms with Crippen LogP contribution >= 0.6 is 0 Å². The molecule has 1 aromatic rings. The number of nitrogens with zero attached hydrogens (tertiary/aromatic N) is 1. The zero-order valence-corrected chi connectivity index (χ0v) is 8.94. The van der Waals surface area contributed by atoms with Gasteiger partial charge < -0.3 is 9.80 Å². The second-order valence-electron chi connectivity index (χ2n) is 3.83. The molecule has 15 heavy (non-hydrogen) atoms. The molecule has 1 unspecified atom stereocenters. The number of hydrogen-bond donors (Lipinski definition) is 1. The van der Waals surface area contributed by atoms with Gasteiger partial charge in [0.2, 0.25) is 0 Å². The molecular formula is C12H16N2O. The highest BCUT2D eigenvalue weighted by Crippen LogP contribution is 2.17. The van der Waals surface area contributed by atoms with Gasteiger partial charge in [-0.05, 0) is 30.5 Å². The van der Waals surface area contributed by atoms with Crippen LogP contribution in [0.2, 0.25) is 0 Å². The highest BCUT2D eigenvalue weighted by Gasteiger charge is 2.20. The average molecular weight is 204 g/mol. The number of aryl methyl sites for hydroxylation is 1. The molecule has 0 spiro atoms. The second kappa shape index (κ2) is 4.45. The first-order valence-electron chi connectivity index (χ1n) is 5.41. The smallest absolute Gasteiger partial charge is 0.138 e. The number of hydrogen-bond acceptors (Lipinski definition) is 3. The van der Waals surface area contributed by atoms with Gasteiger partial charge in [-0.2, -0.15) is 0 Å². The van der Waals surface area contributed by atoms with Gasteiger partial charge in [-0.15, -0.1) is 0 Å². The van der Waals surface area contributed by atoms with E-state index in [4.69, 9.17) is 0 Å². The number of nitrogens with one attached hydrogen (secondary N) is 1. The lowest BCUT2D eigenvalue weighted by atomic mass is 10.1. The molecule has 1 aromatic carbocycles. The van der Waals surface area contributed by atoms with Crippen molar-refractivity contribution in [1.82, 2.24) is 5.43 Å². The Hall–Kier alpha value is -1.35. The van der Waals surface area contributed by atoms with Gasteiger partial charge in [-0.1, -0.05) is 19.1 Å². The molecule has 0 radical (unpaired) electrons. The molecule has 1 fully saturated rings. The highest BCUT2D eigenvalue weighted by atomic mass is 16.1. The van der Waals surface area contributed by atoms with Crippen LogP contribution in [0.1, 0.15) is 18.9 Å². The van der Waals surface area contributed by atoms with E-state index >= 15 is 0 Å². The lowest BCUT2D eigenvalue weighted by molar-refractivity contribution is -0.109. The summed E-state index contributed by atoms with van der Waals surface area (Å²) >= 11 is 0. The number of anilines is 1. The summed E-state index contributed by atoms with van der Waals surface area (Å²) in [4.78, 5) is 10.6. The molecule has 0 saturated carbocycles. The van der Waals surface area contributed by atoms with Gasteiger partial charge in [0.1, 0.15) is 6.29 Å². The van der Waals surface area contributed by atoms with Crippen molar-refractivity contribution in [3.8, 4) is 0 Å². The van der Waals surface area contributed by atoms with E-state index in [9.17, 15) is 4.79 Å². The SMILES string of the molecule is CCc1ccc(N2CCC(C=O)N2)cc1. The minimum Gasteiger partial charge on any atom is -0.308 e. The first-order chi connectivity index (χ1) is 7.33. The molecule has 1 aliphatic heterocycles. The van der Waals surface area contributed by atoms with Gasteiger partial charge >= 0.3 is 0 Å². The van der Waals surface area contributed by atoms with Crippen molar-refractivity contribution < 1.29 is 4.79 Å². The summed E-state index contributed by atoms with van der Waals surface area (Å²) in [5.41, 5.74) is 5.63. The number of benzene rings is 1. The van der Waals surface area contributed by atoms with Crippen molar-refractivity contribution >= 4 is 12.0 Å². The summed E-state index contributed by atoms with van der Waals surface area (Å²) in [6.07, 6.45) is 2.92. The van der Waals surface area contributed by atoms with E-state index in [0.29, 0.717) is 0 Å². The van der Waals surface area contributed by atoms with Crippen molar-refractivity contribution in [3.05, 3.63) is 29.8 Å². The fraction of sp³-hybridized carbons (Fsp3) is 0.417. The largest absolute Gasteiger partial charge is 0.308 e. The fourth-order valence-corrected chi connectivity index (χ4v) is 1.81. The van der Waals surface area contributed by atoms with E-state index in [2.05, 4.69) is 36.6 Å². The Labute approximate surface area is 90.1 Å². The number of carbonyl (C=O) groups excluding carboxylic acids is 1. The summed E-state index contributed by atoms with van der Waals surface area (Å²) in [5, 5.41) is 2.04. The Bertz CT molecular complexity index is 334. The maximum absolute atomic E-state index is 10.6. The highest BCUT2D eigenvalue weighted by molar-refractivity contribution is 5.60. The van der Waals surface area contributed by atoms with Crippen LogP contribution in [0.25, 0.3) is 0 Å². The molecule has 0 amide bonds. The third-order valence-corrected chi connectivity index (χ3v) is 2.81. The van der Waals surface area contributed by atoms with E-state index in [-0.39, 0.29) is 6.04 Å². The molecule has 1 saturated heterocycles. The van der Waals surface area contributed by atoms with Crippen molar-refractivity contribution in [2.45, 2.75) is 25.8 Å². The lowest BCUT2D eigenvalue weighted by Crippen LogP contribution is -2.36. The average Bonchev–Trinajstić information content (AvgIpc) is 2.78. The predicted octanol–water partition coefficient (Wildman–Crippen LogP) is 1.53. The lowest BCUT2D eigenvalue weighted by Gasteiger charge is -2.18. The summed E-state index contributed by atoms with van der Waals surface area (Å²) in [6.45, 7) is 3.04. The van der Waals surface area contributed by atoms with Gasteiger partial charge in [0.25, 0.3) is 0 Å². The van der Waals surface area contributed by atoms with Gasteiger partial charge in [-0.3, -0.25) is 0 Å². The summed E-state index contributed by atoms with van der Waals surface area (Å²) in [7, 11) is 0. The van der Waals surface area contributed by atoms with E-state index in [1.165, 1.54) is 5.56 Å². The molecule has 1 aliphatic rings. The molecule has 80 valence electrons. The first kappa shape index (κ1) is 10.2. The Balaban J connectivity index is 2.07. The van der Waals surface area contributed by atoms with Gasteiger partial charge in [0.15, 0.2) is 0 Å². The van der Waals surface area contributed by atoms with Crippen LogP contribution in [0.3, 0.4) is 0 Å². The molecule has 3 nitrogen and oxygen atoms in total. The number of hydrazine groups is 1. The summed E-state index contributed by atoms with van der Waals surface area (Å²) in [6, 6.07) is 8.44. The zero-order chi connectivity index (χ0) is 10.7. The zero-order valence-electron chi connectivity index (χ0n) is 8.94. The van der Waals surface area contributed by atoms with Crippen LogP contribution in [0.5, 0.6) is 0 Å². The maximum atomic E-state index is 10.6. The molecule has 0 bridgehead atoms. The summed E-state index contributed by atoms with van der Waals surface area (Å²) in [5.74, 6) is 0. The molecular weight excluding hydrogens is 188 g/mol. The Morgan fingerprint density at radius 2 is 2.20 bits per heavy atom. The molecule has 1 N–H and O–H groups in total. The second-order valence-corrected chi connectivity index (χ2v) is 3.83. The normalized spacial score (nSPS) is 20.6. The molecule has 0 aromatic heterocycles. The Morgan fingerprint density at radius 3 is 2.73 bits per heavy atom. The van der Waals surface area contributed by atoms with Crippen molar-refractivity contribution in [2.75, 3.05) is 11.6 Å². The quantitative estimate of drug-likeness (QED) is 0.758. The van der Waals surface area contributed by atoms with Crippen molar-refractivity contribution in [2.24, 2.45) is 0 Å². The van der Waals surface area contributed by atoms with E-state index in [1.54, 1.807) is 0 Å². The Kier molecular flexibility index (Phi) is 3.02. The van der Waals surface area contributed by atoms with Crippen molar-refractivity contribution in [3.63, 3.8) is 0 Å². The monoisotopic (exact) mass is 204 g/mol. The van der Waals surface area contributed by atoms with E-state index in [0.717, 1.165) is 31.4 Å². The number of aldehydes is 1. The van der Waals surface area contributed by atoms with E-state index < -0.39 is 0 Å². The number of carbonyl (C=O) groups is 1. The molecule has 1 heterocycles. The van der Waals surface area contributed by atoms with Gasteiger partial charge in [-0.25, -0.2) is 5.43 Å². The van der Waals surface area contributed by atoms with Crippen LogP contribution in [-0.4, -0.2) is 18.9 Å². The number of rotatable bonds is 3. The Morgan fingerprint density at radius 1 is 1.47 bits per heavy atom. The molecule has 1 atom stereocenters. The van der Waals surface area contributed by atoms with Crippen LogP contribution in [0, 0.1) is 0 Å². The molecule has 3 heteroatoms. The van der Waals surface area contributed by atoms with E-state index in [1.807, 2.05) is 5.01 Å². The standard InChI is InChI=1S/C12H16N2O/c1-2-10-3-5-12(6-4-10)14-8-7-11(9-15)13-14/h3-6,9,11,13H,2,7-8H2,1H3. The van der Waals surface area contributed by atoms with Crippen LogP contribution < -0.4 is 10.4 Å². The summed E-state index contributed by atoms with van der Waals surface area (Å²) < 4.78 is 0. The van der Waals surface area contributed by atoms with Gasteiger partial charge in [0, 0.05) is 6.54 Å². The van der Waals surface area contributed by atoms with Gasteiger partial charge in [0.05, 0.1) is 11.7 Å². The maximum Gasteiger partial charge on any atom is 0.138 e. The minimum atomic E-state index is -0.0177. The molecule has 2 rings (SSSR count). The van der Waals surface area contributed by atoms with Crippen LogP contribution in [0.4, 0.5) is 5.69 Å². The minimum absolute atomic E-state index is 0.0177. The van der Waals surface area contributed by atoms with Crippen LogP contribution in [-0.2, 0) is 11.2 Å². The third kappa shape index (κ3) is 2.18. The third-order valence-electron chi connectivity index (χ3n) is 2.81. The first-order valence-corrected chi connectivity index (χ1v) is 5.41. The fourth-order valence-electron chi connectivity index (χ4n) is 1.81. The predicted molar refractivity (Wildman–Crippen MR) is 60.8 cm³/mol. The van der Waals surface area contributed by atoms with Crippen molar-refractivity contribution in [1.29, 1.82) is 0 Å². The molecule has 0 aliphatic carbocycles. The van der Waals surface area contributed by atoms with Crippen LogP contribution in [0.15, 0.2) is 24.3 Å². The topological polar surface area (TPSA) is 32.3 Å².